The first-order chi connectivity index (χ1) is 14.0. The standard InChI is InChI=1S/C22H16Cl2N2O2S/c23-14-6-4-13(5-7-14)12-25-21-19(17-2-1-3-18(17)29-21)20(27)26(22(25)28)16-10-8-15(24)9-11-16/h4-11H,1-3,12H2. The molecule has 0 atom stereocenters. The molecule has 5 rings (SSSR count). The Morgan fingerprint density at radius 3 is 2.24 bits per heavy atom. The van der Waals surface area contributed by atoms with Gasteiger partial charge in [-0.3, -0.25) is 9.36 Å². The summed E-state index contributed by atoms with van der Waals surface area (Å²) in [6.07, 6.45) is 2.89. The number of fused-ring (bicyclic) bond motifs is 3. The van der Waals surface area contributed by atoms with Crippen molar-refractivity contribution in [3.05, 3.63) is 95.4 Å². The van der Waals surface area contributed by atoms with Crippen molar-refractivity contribution in [1.82, 2.24) is 9.13 Å². The van der Waals surface area contributed by atoms with Gasteiger partial charge in [0.2, 0.25) is 0 Å². The molecule has 0 spiro atoms. The van der Waals surface area contributed by atoms with Crippen LogP contribution in [0.5, 0.6) is 0 Å². The number of aryl methyl sites for hydroxylation is 2. The topological polar surface area (TPSA) is 44.0 Å². The minimum absolute atomic E-state index is 0.251. The maximum Gasteiger partial charge on any atom is 0.337 e. The van der Waals surface area contributed by atoms with Gasteiger partial charge in [-0.2, -0.15) is 0 Å². The second kappa shape index (κ2) is 7.17. The first-order valence-corrected chi connectivity index (χ1v) is 10.9. The zero-order chi connectivity index (χ0) is 20.1. The molecule has 0 bridgehead atoms. The predicted octanol–water partition coefficient (Wildman–Crippen LogP) is 5.06. The van der Waals surface area contributed by atoms with Gasteiger partial charge in [0, 0.05) is 14.9 Å². The maximum absolute atomic E-state index is 13.5. The summed E-state index contributed by atoms with van der Waals surface area (Å²) in [5.74, 6) is 0. The fraction of sp³-hybridized carbons (Fsp3) is 0.182. The number of halogens is 2. The highest BCUT2D eigenvalue weighted by molar-refractivity contribution is 7.18. The largest absolute Gasteiger partial charge is 0.337 e. The highest BCUT2D eigenvalue weighted by atomic mass is 35.5. The van der Waals surface area contributed by atoms with Crippen molar-refractivity contribution in [1.29, 1.82) is 0 Å². The van der Waals surface area contributed by atoms with Gasteiger partial charge >= 0.3 is 5.69 Å². The van der Waals surface area contributed by atoms with Gasteiger partial charge in [-0.1, -0.05) is 35.3 Å². The third-order valence-electron chi connectivity index (χ3n) is 5.33. The average Bonchev–Trinajstić information content (AvgIpc) is 3.29. The molecule has 7 heteroatoms. The Bertz CT molecular complexity index is 1350. The lowest BCUT2D eigenvalue weighted by molar-refractivity contribution is 0.718. The van der Waals surface area contributed by atoms with Crippen LogP contribution in [0.2, 0.25) is 10.0 Å². The predicted molar refractivity (Wildman–Crippen MR) is 119 cm³/mol. The number of thiophene rings is 1. The third kappa shape index (κ3) is 3.14. The van der Waals surface area contributed by atoms with Crippen LogP contribution in [0.3, 0.4) is 0 Å². The second-order valence-corrected chi connectivity index (χ2v) is 9.11. The molecule has 0 radical (unpaired) electrons. The van der Waals surface area contributed by atoms with Crippen LogP contribution in [0.15, 0.2) is 58.1 Å². The van der Waals surface area contributed by atoms with Gasteiger partial charge in [-0.05, 0) is 66.8 Å². The van der Waals surface area contributed by atoms with E-state index in [0.29, 0.717) is 27.7 Å². The number of hydrogen-bond acceptors (Lipinski definition) is 3. The Morgan fingerprint density at radius 2 is 1.55 bits per heavy atom. The Kier molecular flexibility index (Phi) is 4.62. The van der Waals surface area contributed by atoms with E-state index in [2.05, 4.69) is 0 Å². The molecule has 0 fully saturated rings. The molecule has 0 N–H and O–H groups in total. The SMILES string of the molecule is O=c1c2c3c(sc2n(Cc2ccc(Cl)cc2)c(=O)n1-c1ccc(Cl)cc1)CCC3. The zero-order valence-electron chi connectivity index (χ0n) is 15.3. The number of rotatable bonds is 3. The van der Waals surface area contributed by atoms with Crippen LogP contribution in [0.4, 0.5) is 0 Å². The smallest absolute Gasteiger partial charge is 0.280 e. The summed E-state index contributed by atoms with van der Waals surface area (Å²) in [6, 6.07) is 14.2. The molecule has 2 aromatic heterocycles. The van der Waals surface area contributed by atoms with E-state index in [1.54, 1.807) is 40.2 Å². The molecule has 4 aromatic rings. The Labute approximate surface area is 180 Å². The van der Waals surface area contributed by atoms with Gasteiger partial charge < -0.3 is 0 Å². The molecule has 1 aliphatic rings. The fourth-order valence-corrected chi connectivity index (χ4v) is 5.56. The lowest BCUT2D eigenvalue weighted by Gasteiger charge is -2.13. The summed E-state index contributed by atoms with van der Waals surface area (Å²) in [5, 5.41) is 1.87. The monoisotopic (exact) mass is 442 g/mol. The van der Waals surface area contributed by atoms with Crippen molar-refractivity contribution in [2.75, 3.05) is 0 Å². The Hall–Kier alpha value is -2.34. The zero-order valence-corrected chi connectivity index (χ0v) is 17.7. The van der Waals surface area contributed by atoms with Crippen molar-refractivity contribution in [2.45, 2.75) is 25.8 Å². The fourth-order valence-electron chi connectivity index (χ4n) is 3.94. The van der Waals surface area contributed by atoms with E-state index in [0.717, 1.165) is 35.2 Å². The van der Waals surface area contributed by atoms with Crippen LogP contribution >= 0.6 is 34.5 Å². The summed E-state index contributed by atoms with van der Waals surface area (Å²) in [4.78, 5) is 28.8. The van der Waals surface area contributed by atoms with Crippen LogP contribution in [-0.4, -0.2) is 9.13 Å². The number of hydrogen-bond donors (Lipinski definition) is 0. The van der Waals surface area contributed by atoms with E-state index in [4.69, 9.17) is 23.2 Å². The van der Waals surface area contributed by atoms with Gasteiger partial charge in [0.25, 0.3) is 5.56 Å². The molecule has 0 aliphatic heterocycles. The normalized spacial score (nSPS) is 13.2. The van der Waals surface area contributed by atoms with E-state index in [9.17, 15) is 9.59 Å². The quantitative estimate of drug-likeness (QED) is 0.445. The number of benzene rings is 2. The molecule has 29 heavy (non-hydrogen) atoms. The van der Waals surface area contributed by atoms with E-state index < -0.39 is 0 Å². The van der Waals surface area contributed by atoms with E-state index >= 15 is 0 Å². The first-order valence-electron chi connectivity index (χ1n) is 9.33. The molecule has 0 saturated carbocycles. The molecular formula is C22H16Cl2N2O2S. The molecule has 0 unspecified atom stereocenters. The minimum Gasteiger partial charge on any atom is -0.280 e. The van der Waals surface area contributed by atoms with Gasteiger partial charge in [0.1, 0.15) is 4.83 Å². The molecular weight excluding hydrogens is 427 g/mol. The molecule has 0 saturated heterocycles. The van der Waals surface area contributed by atoms with Gasteiger partial charge in [-0.25, -0.2) is 9.36 Å². The van der Waals surface area contributed by atoms with Crippen molar-refractivity contribution in [3.63, 3.8) is 0 Å². The molecule has 4 nitrogen and oxygen atoms in total. The molecule has 0 amide bonds. The summed E-state index contributed by atoms with van der Waals surface area (Å²) in [6.45, 7) is 0.375. The van der Waals surface area contributed by atoms with Gasteiger partial charge in [0.15, 0.2) is 0 Å². The van der Waals surface area contributed by atoms with E-state index in [1.165, 1.54) is 9.44 Å². The van der Waals surface area contributed by atoms with Crippen molar-refractivity contribution >= 4 is 44.8 Å². The van der Waals surface area contributed by atoms with Crippen molar-refractivity contribution in [2.24, 2.45) is 0 Å². The number of aromatic nitrogens is 2. The summed E-state index contributed by atoms with van der Waals surface area (Å²) in [7, 11) is 0. The highest BCUT2D eigenvalue weighted by Crippen LogP contribution is 2.35. The Morgan fingerprint density at radius 1 is 0.897 bits per heavy atom. The average molecular weight is 443 g/mol. The van der Waals surface area contributed by atoms with Crippen LogP contribution in [0, 0.1) is 0 Å². The molecule has 146 valence electrons. The van der Waals surface area contributed by atoms with Crippen LogP contribution in [0.25, 0.3) is 15.9 Å². The van der Waals surface area contributed by atoms with Gasteiger partial charge in [0.05, 0.1) is 17.6 Å². The highest BCUT2D eigenvalue weighted by Gasteiger charge is 2.25. The molecule has 2 heterocycles. The maximum atomic E-state index is 13.5. The first kappa shape index (κ1) is 18.7. The molecule has 2 aromatic carbocycles. The molecule has 1 aliphatic carbocycles. The lowest BCUT2D eigenvalue weighted by atomic mass is 10.2. The van der Waals surface area contributed by atoms with E-state index in [1.807, 2.05) is 24.3 Å². The van der Waals surface area contributed by atoms with Crippen LogP contribution < -0.4 is 11.2 Å². The van der Waals surface area contributed by atoms with Crippen LogP contribution in [0.1, 0.15) is 22.4 Å². The van der Waals surface area contributed by atoms with Crippen LogP contribution in [-0.2, 0) is 19.4 Å². The lowest BCUT2D eigenvalue weighted by Crippen LogP contribution is -2.39. The second-order valence-electron chi connectivity index (χ2n) is 7.15. The van der Waals surface area contributed by atoms with E-state index in [-0.39, 0.29) is 11.2 Å². The summed E-state index contributed by atoms with van der Waals surface area (Å²) in [5.41, 5.74) is 1.98. The summed E-state index contributed by atoms with van der Waals surface area (Å²) >= 11 is 13.6. The van der Waals surface area contributed by atoms with Crippen molar-refractivity contribution in [3.8, 4) is 5.69 Å². The minimum atomic E-state index is -0.348. The Balaban J connectivity index is 1.81. The van der Waals surface area contributed by atoms with Gasteiger partial charge in [-0.15, -0.1) is 11.3 Å². The van der Waals surface area contributed by atoms with Crippen molar-refractivity contribution < 1.29 is 0 Å². The summed E-state index contributed by atoms with van der Waals surface area (Å²) < 4.78 is 2.97. The third-order valence-corrected chi connectivity index (χ3v) is 7.14. The number of nitrogens with zero attached hydrogens (tertiary/aromatic N) is 2.